The zero-order chi connectivity index (χ0) is 15.0. The van der Waals surface area contributed by atoms with Gasteiger partial charge in [0, 0.05) is 11.1 Å². The van der Waals surface area contributed by atoms with E-state index in [0.717, 1.165) is 30.5 Å². The molecule has 3 heteroatoms. The fourth-order valence-corrected chi connectivity index (χ4v) is 2.96. The fraction of sp³-hybridized carbons (Fsp3) is 0.647. The lowest BCUT2D eigenvalue weighted by Gasteiger charge is -2.26. The van der Waals surface area contributed by atoms with Crippen LogP contribution < -0.4 is 5.73 Å². The molecule has 1 rings (SSSR count). The highest BCUT2D eigenvalue weighted by molar-refractivity contribution is 6.31. The minimum atomic E-state index is 0.360. The van der Waals surface area contributed by atoms with Crippen molar-refractivity contribution in [2.24, 2.45) is 11.7 Å². The molecule has 0 heterocycles. The Labute approximate surface area is 129 Å². The van der Waals surface area contributed by atoms with Crippen molar-refractivity contribution in [2.45, 2.75) is 45.6 Å². The second-order valence-electron chi connectivity index (χ2n) is 5.67. The Morgan fingerprint density at radius 2 is 1.95 bits per heavy atom. The van der Waals surface area contributed by atoms with E-state index in [2.05, 4.69) is 37.9 Å². The average molecular weight is 297 g/mol. The van der Waals surface area contributed by atoms with Gasteiger partial charge in [-0.25, -0.2) is 0 Å². The Morgan fingerprint density at radius 3 is 2.55 bits per heavy atom. The predicted octanol–water partition coefficient (Wildman–Crippen LogP) is 4.49. The van der Waals surface area contributed by atoms with Crippen molar-refractivity contribution in [3.63, 3.8) is 0 Å². The van der Waals surface area contributed by atoms with Gasteiger partial charge in [0.25, 0.3) is 0 Å². The average Bonchev–Trinajstić information content (AvgIpc) is 2.46. The summed E-state index contributed by atoms with van der Waals surface area (Å²) in [5, 5.41) is 0.862. The SMILES string of the molecule is CCC(CCN)CCCN(C)C(C)c1ccccc1Cl. The fourth-order valence-electron chi connectivity index (χ4n) is 2.66. The maximum absolute atomic E-state index is 6.27. The Bertz CT molecular complexity index is 381. The summed E-state index contributed by atoms with van der Waals surface area (Å²) < 4.78 is 0. The molecule has 20 heavy (non-hydrogen) atoms. The van der Waals surface area contributed by atoms with Crippen LogP contribution in [0.2, 0.25) is 5.02 Å². The smallest absolute Gasteiger partial charge is 0.0453 e. The van der Waals surface area contributed by atoms with E-state index in [0.29, 0.717) is 6.04 Å². The Kier molecular flexibility index (Phi) is 8.20. The number of nitrogens with two attached hydrogens (primary N) is 1. The van der Waals surface area contributed by atoms with Crippen LogP contribution in [0.4, 0.5) is 0 Å². The molecule has 0 saturated carbocycles. The number of hydrogen-bond donors (Lipinski definition) is 1. The zero-order valence-electron chi connectivity index (χ0n) is 13.1. The maximum atomic E-state index is 6.27. The van der Waals surface area contributed by atoms with Crippen LogP contribution in [0.25, 0.3) is 0 Å². The number of nitrogens with zero attached hydrogens (tertiary/aromatic N) is 1. The van der Waals surface area contributed by atoms with E-state index in [1.165, 1.54) is 24.8 Å². The molecule has 2 atom stereocenters. The summed E-state index contributed by atoms with van der Waals surface area (Å²) in [6.45, 7) is 6.40. The van der Waals surface area contributed by atoms with E-state index >= 15 is 0 Å². The van der Waals surface area contributed by atoms with Crippen LogP contribution in [0.3, 0.4) is 0 Å². The van der Waals surface area contributed by atoms with Gasteiger partial charge < -0.3 is 5.73 Å². The van der Waals surface area contributed by atoms with Crippen LogP contribution in [-0.4, -0.2) is 25.0 Å². The van der Waals surface area contributed by atoms with Gasteiger partial charge in [0.1, 0.15) is 0 Å². The predicted molar refractivity (Wildman–Crippen MR) is 89.2 cm³/mol. The molecule has 0 aliphatic carbocycles. The molecule has 1 aromatic rings. The minimum Gasteiger partial charge on any atom is -0.330 e. The second kappa shape index (κ2) is 9.38. The highest BCUT2D eigenvalue weighted by atomic mass is 35.5. The first-order valence-electron chi connectivity index (χ1n) is 7.74. The third-order valence-corrected chi connectivity index (χ3v) is 4.64. The highest BCUT2D eigenvalue weighted by Gasteiger charge is 2.14. The normalized spacial score (nSPS) is 14.5. The van der Waals surface area contributed by atoms with Crippen molar-refractivity contribution in [1.29, 1.82) is 0 Å². The molecular formula is C17H29ClN2. The van der Waals surface area contributed by atoms with Gasteiger partial charge in [-0.1, -0.05) is 43.1 Å². The Balaban J connectivity index is 2.42. The lowest BCUT2D eigenvalue weighted by molar-refractivity contribution is 0.247. The molecule has 0 aromatic heterocycles. The topological polar surface area (TPSA) is 29.3 Å². The zero-order valence-corrected chi connectivity index (χ0v) is 13.9. The van der Waals surface area contributed by atoms with Gasteiger partial charge in [-0.2, -0.15) is 0 Å². The van der Waals surface area contributed by atoms with Crippen LogP contribution in [0.1, 0.15) is 51.1 Å². The van der Waals surface area contributed by atoms with Crippen molar-refractivity contribution >= 4 is 11.6 Å². The van der Waals surface area contributed by atoms with Crippen molar-refractivity contribution in [2.75, 3.05) is 20.1 Å². The van der Waals surface area contributed by atoms with Gasteiger partial charge in [0.2, 0.25) is 0 Å². The molecule has 2 nitrogen and oxygen atoms in total. The molecule has 2 N–H and O–H groups in total. The van der Waals surface area contributed by atoms with Gasteiger partial charge in [0.15, 0.2) is 0 Å². The number of benzene rings is 1. The van der Waals surface area contributed by atoms with E-state index in [4.69, 9.17) is 17.3 Å². The summed E-state index contributed by atoms with van der Waals surface area (Å²) in [5.74, 6) is 0.781. The minimum absolute atomic E-state index is 0.360. The molecule has 0 bridgehead atoms. The van der Waals surface area contributed by atoms with E-state index in [-0.39, 0.29) is 0 Å². The molecular weight excluding hydrogens is 268 g/mol. The standard InChI is InChI=1S/C17H29ClN2/c1-4-15(11-12-19)8-7-13-20(3)14(2)16-9-5-6-10-17(16)18/h5-6,9-10,14-15H,4,7-8,11-13,19H2,1-3H3. The van der Waals surface area contributed by atoms with Crippen molar-refractivity contribution in [3.05, 3.63) is 34.9 Å². The van der Waals surface area contributed by atoms with E-state index in [1.54, 1.807) is 0 Å². The molecule has 0 saturated heterocycles. The summed E-state index contributed by atoms with van der Waals surface area (Å²) in [4.78, 5) is 2.39. The summed E-state index contributed by atoms with van der Waals surface area (Å²) >= 11 is 6.27. The first-order valence-corrected chi connectivity index (χ1v) is 8.12. The molecule has 2 unspecified atom stereocenters. The van der Waals surface area contributed by atoms with Crippen LogP contribution in [0, 0.1) is 5.92 Å². The van der Waals surface area contributed by atoms with Gasteiger partial charge in [-0.15, -0.1) is 0 Å². The Morgan fingerprint density at radius 1 is 1.25 bits per heavy atom. The lowest BCUT2D eigenvalue weighted by Crippen LogP contribution is -2.24. The lowest BCUT2D eigenvalue weighted by atomic mass is 9.96. The summed E-state index contributed by atoms with van der Waals surface area (Å²) in [5.41, 5.74) is 6.87. The van der Waals surface area contributed by atoms with Crippen molar-refractivity contribution in [1.82, 2.24) is 4.90 Å². The van der Waals surface area contributed by atoms with Gasteiger partial charge in [-0.05, 0) is 63.9 Å². The molecule has 0 radical (unpaired) electrons. The van der Waals surface area contributed by atoms with Crippen LogP contribution >= 0.6 is 11.6 Å². The quantitative estimate of drug-likeness (QED) is 0.727. The van der Waals surface area contributed by atoms with Crippen molar-refractivity contribution < 1.29 is 0 Å². The van der Waals surface area contributed by atoms with E-state index in [9.17, 15) is 0 Å². The number of hydrogen-bond acceptors (Lipinski definition) is 2. The third-order valence-electron chi connectivity index (χ3n) is 4.29. The molecule has 0 fully saturated rings. The molecule has 0 aliphatic heterocycles. The monoisotopic (exact) mass is 296 g/mol. The molecule has 1 aromatic carbocycles. The van der Waals surface area contributed by atoms with E-state index in [1.807, 2.05) is 12.1 Å². The third kappa shape index (κ3) is 5.43. The second-order valence-corrected chi connectivity index (χ2v) is 6.08. The summed E-state index contributed by atoms with van der Waals surface area (Å²) in [7, 11) is 2.18. The largest absolute Gasteiger partial charge is 0.330 e. The van der Waals surface area contributed by atoms with E-state index < -0.39 is 0 Å². The number of rotatable bonds is 9. The van der Waals surface area contributed by atoms with Crippen LogP contribution in [-0.2, 0) is 0 Å². The molecule has 0 aliphatic rings. The summed E-state index contributed by atoms with van der Waals surface area (Å²) in [6.07, 6.45) is 4.89. The first-order chi connectivity index (χ1) is 9.60. The Hall–Kier alpha value is -0.570. The van der Waals surface area contributed by atoms with Gasteiger partial charge >= 0.3 is 0 Å². The van der Waals surface area contributed by atoms with Crippen LogP contribution in [0.15, 0.2) is 24.3 Å². The van der Waals surface area contributed by atoms with Crippen LogP contribution in [0.5, 0.6) is 0 Å². The first kappa shape index (κ1) is 17.5. The molecule has 0 amide bonds. The molecule has 0 spiro atoms. The maximum Gasteiger partial charge on any atom is 0.0453 e. The highest BCUT2D eigenvalue weighted by Crippen LogP contribution is 2.26. The number of halogens is 1. The van der Waals surface area contributed by atoms with Gasteiger partial charge in [-0.3, -0.25) is 4.90 Å². The van der Waals surface area contributed by atoms with Crippen molar-refractivity contribution in [3.8, 4) is 0 Å². The van der Waals surface area contributed by atoms with Gasteiger partial charge in [0.05, 0.1) is 0 Å². The molecule has 114 valence electrons. The summed E-state index contributed by atoms with van der Waals surface area (Å²) in [6, 6.07) is 8.48.